The Morgan fingerprint density at radius 2 is 1.79 bits per heavy atom. The van der Waals surface area contributed by atoms with Crippen LogP contribution in [-0.4, -0.2) is 60.2 Å². The van der Waals surface area contributed by atoms with Crippen molar-refractivity contribution in [2.24, 2.45) is 4.99 Å². The molecule has 0 unspecified atom stereocenters. The molecule has 13 heteroatoms. The zero-order chi connectivity index (χ0) is 24.3. The molecule has 1 aliphatic carbocycles. The van der Waals surface area contributed by atoms with E-state index in [0.717, 1.165) is 40.3 Å². The number of aliphatic imine (C=N–C) groups is 1. The molecule has 0 radical (unpaired) electrons. The zero-order valence-corrected chi connectivity index (χ0v) is 18.4. The molecule has 1 aromatic carbocycles. The molecule has 9 nitrogen and oxygen atoms in total. The van der Waals surface area contributed by atoms with E-state index in [1.807, 2.05) is 0 Å². The summed E-state index contributed by atoms with van der Waals surface area (Å²) >= 11 is 0. The molecule has 1 spiro atoms. The molecule has 3 amide bonds. The van der Waals surface area contributed by atoms with Crippen molar-refractivity contribution in [1.82, 2.24) is 15.2 Å². The lowest BCUT2D eigenvalue weighted by atomic mass is 10.1. The maximum absolute atomic E-state index is 13.3. The molecule has 3 heterocycles. The van der Waals surface area contributed by atoms with E-state index in [-0.39, 0.29) is 12.2 Å². The second kappa shape index (κ2) is 7.52. The molecule has 1 N–H and O–H groups in total. The van der Waals surface area contributed by atoms with Crippen LogP contribution in [0.1, 0.15) is 24.0 Å². The summed E-state index contributed by atoms with van der Waals surface area (Å²) in [6, 6.07) is 4.66. The maximum atomic E-state index is 13.3. The number of hydrogen-bond donors (Lipinski definition) is 1. The number of anilines is 1. The average Bonchev–Trinajstić information content (AvgIpc) is 3.36. The molecular formula is C21H18F3N5O4S. The van der Waals surface area contributed by atoms with Gasteiger partial charge in [0.2, 0.25) is 0 Å². The Balaban J connectivity index is 1.45. The van der Waals surface area contributed by atoms with Crippen molar-refractivity contribution in [1.29, 1.82) is 0 Å². The topological polar surface area (TPSA) is 112 Å². The number of nitrogens with zero attached hydrogens (tertiary/aromatic N) is 4. The lowest BCUT2D eigenvalue weighted by Gasteiger charge is -2.22. The van der Waals surface area contributed by atoms with E-state index in [9.17, 15) is 31.2 Å². The first-order chi connectivity index (χ1) is 16.1. The van der Waals surface area contributed by atoms with Crippen LogP contribution in [0, 0.1) is 0 Å². The summed E-state index contributed by atoms with van der Waals surface area (Å²) in [5.74, 6) is 0.167. The second-order valence-corrected chi connectivity index (χ2v) is 10.1. The Bertz CT molecular complexity index is 1320. The Morgan fingerprint density at radius 3 is 2.38 bits per heavy atom. The minimum atomic E-state index is -5.54. The summed E-state index contributed by atoms with van der Waals surface area (Å²) in [6.45, 7) is 1.41. The molecule has 2 aliphatic heterocycles. The number of urea groups is 1. The van der Waals surface area contributed by atoms with Crippen molar-refractivity contribution >= 4 is 33.3 Å². The minimum absolute atomic E-state index is 0.00156. The molecular weight excluding hydrogens is 475 g/mol. The summed E-state index contributed by atoms with van der Waals surface area (Å²) in [6.07, 6.45) is 4.11. The van der Waals surface area contributed by atoms with Gasteiger partial charge in [-0.05, 0) is 48.7 Å². The number of hydrogen-bond acceptors (Lipinski definition) is 7. The van der Waals surface area contributed by atoms with Gasteiger partial charge in [0, 0.05) is 31.0 Å². The summed E-state index contributed by atoms with van der Waals surface area (Å²) < 4.78 is 61.7. The van der Waals surface area contributed by atoms with Crippen LogP contribution in [0.3, 0.4) is 0 Å². The molecule has 0 bridgehead atoms. The summed E-state index contributed by atoms with van der Waals surface area (Å²) in [4.78, 5) is 36.4. The minimum Gasteiger partial charge on any atom is -0.368 e. The van der Waals surface area contributed by atoms with Gasteiger partial charge in [-0.1, -0.05) is 0 Å². The highest BCUT2D eigenvalue weighted by atomic mass is 32.2. The average molecular weight is 493 g/mol. The van der Waals surface area contributed by atoms with Crippen LogP contribution in [-0.2, 0) is 21.2 Å². The smallest absolute Gasteiger partial charge is 0.368 e. The number of amidine groups is 1. The number of alkyl halides is 3. The van der Waals surface area contributed by atoms with E-state index in [1.54, 1.807) is 18.5 Å². The highest BCUT2D eigenvalue weighted by Crippen LogP contribution is 2.50. The van der Waals surface area contributed by atoms with Crippen LogP contribution in [0.5, 0.6) is 0 Å². The lowest BCUT2D eigenvalue weighted by molar-refractivity contribution is -0.120. The van der Waals surface area contributed by atoms with Gasteiger partial charge < -0.3 is 10.2 Å². The fraction of sp³-hybridized carbons (Fsp3) is 0.333. The summed E-state index contributed by atoms with van der Waals surface area (Å²) in [5.41, 5.74) is -5.02. The van der Waals surface area contributed by atoms with Gasteiger partial charge in [0.15, 0.2) is 0 Å². The van der Waals surface area contributed by atoms with Gasteiger partial charge in [-0.15, -0.1) is 0 Å². The second-order valence-electron chi connectivity index (χ2n) is 8.17. The number of halogens is 3. The van der Waals surface area contributed by atoms with Gasteiger partial charge in [-0.2, -0.15) is 13.2 Å². The Hall–Kier alpha value is -3.48. The van der Waals surface area contributed by atoms with E-state index in [0.29, 0.717) is 31.8 Å². The highest BCUT2D eigenvalue weighted by molar-refractivity contribution is 7.92. The Morgan fingerprint density at radius 1 is 1.09 bits per heavy atom. The molecule has 2 aromatic rings. The van der Waals surface area contributed by atoms with Gasteiger partial charge in [0.25, 0.3) is 15.7 Å². The van der Waals surface area contributed by atoms with Crippen LogP contribution in [0.25, 0.3) is 0 Å². The van der Waals surface area contributed by atoms with Crippen LogP contribution in [0.2, 0.25) is 0 Å². The first-order valence-corrected chi connectivity index (χ1v) is 11.8. The van der Waals surface area contributed by atoms with Crippen LogP contribution < -0.4 is 10.2 Å². The number of aromatic nitrogens is 1. The molecule has 1 saturated heterocycles. The number of sulfone groups is 1. The standard InChI is InChI=1S/C21H18F3N5O4S/c22-21(23,24)34(32,33)15-3-1-14(2-4-15)29-18(30)20(6-7-20)28(19(29)31)12-13-5-8-25-11-16(13)17-26-9-10-27-17/h1-5,8,11H,6-7,9-10,12H2,(H,26,27). The van der Waals surface area contributed by atoms with Crippen molar-refractivity contribution in [2.75, 3.05) is 18.0 Å². The fourth-order valence-corrected chi connectivity index (χ4v) is 4.96. The highest BCUT2D eigenvalue weighted by Gasteiger charge is 2.65. The first kappa shape index (κ1) is 22.3. The monoisotopic (exact) mass is 493 g/mol. The molecule has 2 fully saturated rings. The molecule has 1 aromatic heterocycles. The number of carbonyl (C=O) groups is 2. The molecule has 3 aliphatic rings. The number of carbonyl (C=O) groups excluding carboxylic acids is 2. The van der Waals surface area contributed by atoms with Crippen LogP contribution >= 0.6 is 0 Å². The SMILES string of the molecule is O=C1N(c2ccc(S(=O)(=O)C(F)(F)F)cc2)C(=O)C2(CC2)N1Cc1ccncc1C1=NCCN1. The van der Waals surface area contributed by atoms with E-state index in [4.69, 9.17) is 0 Å². The number of imide groups is 1. The van der Waals surface area contributed by atoms with Gasteiger partial charge in [-0.25, -0.2) is 18.1 Å². The Kier molecular flexibility index (Phi) is 4.93. The third-order valence-corrected chi connectivity index (χ3v) is 7.64. The molecule has 0 atom stereocenters. The Labute approximate surface area is 192 Å². The van der Waals surface area contributed by atoms with Crippen molar-refractivity contribution in [3.63, 3.8) is 0 Å². The number of pyridine rings is 1. The van der Waals surface area contributed by atoms with E-state index in [1.165, 1.54) is 4.90 Å². The maximum Gasteiger partial charge on any atom is 0.501 e. The number of amides is 3. The van der Waals surface area contributed by atoms with Gasteiger partial charge in [0.05, 0.1) is 17.1 Å². The van der Waals surface area contributed by atoms with E-state index in [2.05, 4.69) is 15.3 Å². The summed E-state index contributed by atoms with van der Waals surface area (Å²) in [7, 11) is -5.54. The molecule has 5 rings (SSSR count). The zero-order valence-electron chi connectivity index (χ0n) is 17.5. The first-order valence-electron chi connectivity index (χ1n) is 10.4. The molecule has 178 valence electrons. The predicted molar refractivity (Wildman–Crippen MR) is 114 cm³/mol. The number of rotatable bonds is 5. The lowest BCUT2D eigenvalue weighted by Crippen LogP contribution is -2.37. The van der Waals surface area contributed by atoms with Crippen LogP contribution in [0.15, 0.2) is 52.6 Å². The van der Waals surface area contributed by atoms with Gasteiger partial charge >= 0.3 is 11.5 Å². The third kappa shape index (κ3) is 3.33. The molecule has 1 saturated carbocycles. The number of benzene rings is 1. The van der Waals surface area contributed by atoms with E-state index >= 15 is 0 Å². The van der Waals surface area contributed by atoms with Crippen molar-refractivity contribution < 1.29 is 31.2 Å². The van der Waals surface area contributed by atoms with Crippen molar-refractivity contribution in [2.45, 2.75) is 35.3 Å². The molecule has 34 heavy (non-hydrogen) atoms. The summed E-state index contributed by atoms with van der Waals surface area (Å²) in [5, 5.41) is 3.16. The largest absolute Gasteiger partial charge is 0.501 e. The fourth-order valence-electron chi connectivity index (χ4n) is 4.19. The van der Waals surface area contributed by atoms with E-state index < -0.39 is 37.7 Å². The quantitative estimate of drug-likeness (QED) is 0.640. The van der Waals surface area contributed by atoms with Crippen LogP contribution in [0.4, 0.5) is 23.7 Å². The normalized spacial score (nSPS) is 19.6. The third-order valence-electron chi connectivity index (χ3n) is 6.14. The van der Waals surface area contributed by atoms with Gasteiger partial charge in [-0.3, -0.25) is 14.8 Å². The van der Waals surface area contributed by atoms with Crippen molar-refractivity contribution in [3.05, 3.63) is 53.9 Å². The predicted octanol–water partition coefficient (Wildman–Crippen LogP) is 2.23. The number of nitrogens with one attached hydrogen (secondary N) is 1. The van der Waals surface area contributed by atoms with Gasteiger partial charge in [0.1, 0.15) is 11.4 Å². The van der Waals surface area contributed by atoms with Crippen molar-refractivity contribution in [3.8, 4) is 0 Å².